The quantitative estimate of drug-likeness (QED) is 0.796. The van der Waals surface area contributed by atoms with E-state index in [-0.39, 0.29) is 5.54 Å². The highest BCUT2D eigenvalue weighted by atomic mass is 79.9. The van der Waals surface area contributed by atoms with Crippen molar-refractivity contribution in [3.63, 3.8) is 0 Å². The summed E-state index contributed by atoms with van der Waals surface area (Å²) in [7, 11) is 2.13. The van der Waals surface area contributed by atoms with Crippen molar-refractivity contribution >= 4 is 27.3 Å². The largest absolute Gasteiger partial charge is 0.308 e. The minimum absolute atomic E-state index is 0.153. The third kappa shape index (κ3) is 6.69. The van der Waals surface area contributed by atoms with Crippen LogP contribution in [0.2, 0.25) is 0 Å². The molecule has 1 N–H and O–H groups in total. The number of hydrogen-bond donors (Lipinski definition) is 1. The van der Waals surface area contributed by atoms with Crippen molar-refractivity contribution in [3.05, 3.63) is 32.9 Å². The topological polar surface area (TPSA) is 15.3 Å². The molecule has 0 radical (unpaired) electrons. The predicted octanol–water partition coefficient (Wildman–Crippen LogP) is 3.89. The van der Waals surface area contributed by atoms with Crippen molar-refractivity contribution in [3.8, 4) is 0 Å². The molecule has 4 heteroatoms. The summed E-state index contributed by atoms with van der Waals surface area (Å²) in [6.45, 7) is 13.4. The highest BCUT2D eigenvalue weighted by Crippen LogP contribution is 2.21. The zero-order valence-electron chi connectivity index (χ0n) is 11.7. The summed E-state index contributed by atoms with van der Waals surface area (Å²) >= 11 is 5.23. The molecule has 1 aromatic heterocycles. The lowest BCUT2D eigenvalue weighted by Crippen LogP contribution is -2.38. The standard InChI is InChI=1S/C14H23BrN2S/c1-11(7-16-14(2,3)4)8-17(5)9-12-6-13(15)18-10-12/h6,10,16H,1,7-9H2,2-5H3. The number of halogens is 1. The maximum Gasteiger partial charge on any atom is 0.0701 e. The van der Waals surface area contributed by atoms with Gasteiger partial charge < -0.3 is 5.32 Å². The van der Waals surface area contributed by atoms with E-state index >= 15 is 0 Å². The number of hydrogen-bond acceptors (Lipinski definition) is 3. The second-order valence-corrected chi connectivity index (χ2v) is 8.08. The molecular weight excluding hydrogens is 308 g/mol. The van der Waals surface area contributed by atoms with Crippen LogP contribution >= 0.6 is 27.3 Å². The molecule has 1 heterocycles. The maximum atomic E-state index is 4.13. The Morgan fingerprint density at radius 1 is 1.50 bits per heavy atom. The van der Waals surface area contributed by atoms with Crippen LogP contribution in [0.15, 0.2) is 27.4 Å². The number of nitrogens with one attached hydrogen (secondary N) is 1. The monoisotopic (exact) mass is 330 g/mol. The molecule has 0 aromatic carbocycles. The summed E-state index contributed by atoms with van der Waals surface area (Å²) in [4.78, 5) is 2.29. The lowest BCUT2D eigenvalue weighted by Gasteiger charge is -2.23. The molecule has 0 spiro atoms. The van der Waals surface area contributed by atoms with Gasteiger partial charge in [-0.2, -0.15) is 0 Å². The molecule has 0 atom stereocenters. The van der Waals surface area contributed by atoms with Gasteiger partial charge in [-0.25, -0.2) is 0 Å². The third-order valence-corrected chi connectivity index (χ3v) is 3.99. The Hall–Kier alpha value is -0.160. The first kappa shape index (κ1) is 15.9. The highest BCUT2D eigenvalue weighted by Gasteiger charge is 2.10. The number of thiophene rings is 1. The van der Waals surface area contributed by atoms with Crippen LogP contribution in [0.3, 0.4) is 0 Å². The van der Waals surface area contributed by atoms with Crippen LogP contribution in [0.5, 0.6) is 0 Å². The van der Waals surface area contributed by atoms with Crippen LogP contribution in [0.4, 0.5) is 0 Å². The normalized spacial score (nSPS) is 12.1. The van der Waals surface area contributed by atoms with Gasteiger partial charge in [-0.1, -0.05) is 6.58 Å². The smallest absolute Gasteiger partial charge is 0.0701 e. The molecule has 0 saturated carbocycles. The second-order valence-electron chi connectivity index (χ2n) is 5.78. The fraction of sp³-hybridized carbons (Fsp3) is 0.571. The summed E-state index contributed by atoms with van der Waals surface area (Å²) in [5.41, 5.74) is 2.73. The molecule has 0 aliphatic carbocycles. The van der Waals surface area contributed by atoms with E-state index in [0.29, 0.717) is 0 Å². The minimum atomic E-state index is 0.153. The molecule has 2 nitrogen and oxygen atoms in total. The van der Waals surface area contributed by atoms with Crippen LogP contribution < -0.4 is 5.32 Å². The van der Waals surface area contributed by atoms with Gasteiger partial charge in [0.2, 0.25) is 0 Å². The number of nitrogens with zero attached hydrogens (tertiary/aromatic N) is 1. The van der Waals surface area contributed by atoms with Crippen molar-refractivity contribution in [2.45, 2.75) is 32.9 Å². The summed E-state index contributed by atoms with van der Waals surface area (Å²) in [5, 5.41) is 5.65. The van der Waals surface area contributed by atoms with E-state index in [0.717, 1.165) is 19.6 Å². The van der Waals surface area contributed by atoms with E-state index in [2.05, 4.69) is 72.0 Å². The first-order valence-electron chi connectivity index (χ1n) is 6.09. The van der Waals surface area contributed by atoms with Gasteiger partial charge in [0.25, 0.3) is 0 Å². The molecule has 0 unspecified atom stereocenters. The van der Waals surface area contributed by atoms with Gasteiger partial charge in [-0.15, -0.1) is 11.3 Å². The predicted molar refractivity (Wildman–Crippen MR) is 85.2 cm³/mol. The van der Waals surface area contributed by atoms with Gasteiger partial charge in [0.05, 0.1) is 3.79 Å². The van der Waals surface area contributed by atoms with Gasteiger partial charge >= 0.3 is 0 Å². The summed E-state index contributed by atoms with van der Waals surface area (Å²) in [5.74, 6) is 0. The van der Waals surface area contributed by atoms with Crippen molar-refractivity contribution in [2.75, 3.05) is 20.1 Å². The van der Waals surface area contributed by atoms with Gasteiger partial charge in [-0.3, -0.25) is 4.90 Å². The van der Waals surface area contributed by atoms with E-state index in [1.165, 1.54) is 14.9 Å². The zero-order chi connectivity index (χ0) is 13.8. The van der Waals surface area contributed by atoms with Crippen LogP contribution in [-0.2, 0) is 6.54 Å². The van der Waals surface area contributed by atoms with Gasteiger partial charge in [-0.05, 0) is 66.3 Å². The van der Waals surface area contributed by atoms with Gasteiger partial charge in [0.1, 0.15) is 0 Å². The van der Waals surface area contributed by atoms with Crippen LogP contribution in [0.25, 0.3) is 0 Å². The fourth-order valence-corrected chi connectivity index (χ4v) is 2.82. The Labute approximate surface area is 123 Å². The fourth-order valence-electron chi connectivity index (χ4n) is 1.62. The highest BCUT2D eigenvalue weighted by molar-refractivity contribution is 9.11. The Morgan fingerprint density at radius 3 is 2.67 bits per heavy atom. The molecule has 0 aliphatic heterocycles. The molecule has 0 fully saturated rings. The van der Waals surface area contributed by atoms with Crippen LogP contribution in [-0.4, -0.2) is 30.6 Å². The summed E-state index contributed by atoms with van der Waals surface area (Å²) in [6, 6.07) is 2.18. The van der Waals surface area contributed by atoms with Crippen molar-refractivity contribution in [2.24, 2.45) is 0 Å². The molecule has 0 amide bonds. The van der Waals surface area contributed by atoms with E-state index in [4.69, 9.17) is 0 Å². The maximum absolute atomic E-state index is 4.13. The molecule has 18 heavy (non-hydrogen) atoms. The average Bonchev–Trinajstić information content (AvgIpc) is 2.59. The average molecular weight is 331 g/mol. The zero-order valence-corrected chi connectivity index (χ0v) is 14.1. The number of rotatable bonds is 6. The molecule has 1 rings (SSSR count). The third-order valence-electron chi connectivity index (χ3n) is 2.44. The molecule has 0 aliphatic rings. The number of likely N-dealkylation sites (N-methyl/N-ethyl adjacent to an activating group) is 1. The summed E-state index contributed by atoms with van der Waals surface area (Å²) in [6.07, 6.45) is 0. The molecule has 0 saturated heterocycles. The summed E-state index contributed by atoms with van der Waals surface area (Å²) < 4.78 is 1.19. The molecule has 0 bridgehead atoms. The molecule has 1 aromatic rings. The Balaban J connectivity index is 2.31. The Morgan fingerprint density at radius 2 is 2.17 bits per heavy atom. The Kier molecular flexibility index (Phi) is 6.05. The van der Waals surface area contributed by atoms with Crippen molar-refractivity contribution in [1.29, 1.82) is 0 Å². The molecular formula is C14H23BrN2S. The van der Waals surface area contributed by atoms with Gasteiger partial charge in [0, 0.05) is 25.2 Å². The molecule has 102 valence electrons. The Bertz CT molecular complexity index is 393. The van der Waals surface area contributed by atoms with Crippen molar-refractivity contribution in [1.82, 2.24) is 10.2 Å². The lowest BCUT2D eigenvalue weighted by atomic mass is 10.1. The first-order chi connectivity index (χ1) is 8.26. The SMILES string of the molecule is C=C(CNC(C)(C)C)CN(C)Cc1csc(Br)c1. The van der Waals surface area contributed by atoms with E-state index in [1.807, 2.05) is 0 Å². The van der Waals surface area contributed by atoms with Gasteiger partial charge in [0.15, 0.2) is 0 Å². The van der Waals surface area contributed by atoms with Crippen LogP contribution in [0.1, 0.15) is 26.3 Å². The van der Waals surface area contributed by atoms with E-state index in [9.17, 15) is 0 Å². The van der Waals surface area contributed by atoms with E-state index < -0.39 is 0 Å². The van der Waals surface area contributed by atoms with E-state index in [1.54, 1.807) is 11.3 Å². The second kappa shape index (κ2) is 6.85. The first-order valence-corrected chi connectivity index (χ1v) is 7.76. The van der Waals surface area contributed by atoms with Crippen molar-refractivity contribution < 1.29 is 0 Å². The minimum Gasteiger partial charge on any atom is -0.308 e. The lowest BCUT2D eigenvalue weighted by molar-refractivity contribution is 0.346. The van der Waals surface area contributed by atoms with Crippen LogP contribution in [0, 0.1) is 0 Å².